The van der Waals surface area contributed by atoms with Crippen LogP contribution >= 0.6 is 0 Å². The quantitative estimate of drug-likeness (QED) is 0.764. The lowest BCUT2D eigenvalue weighted by atomic mass is 10.2. The summed E-state index contributed by atoms with van der Waals surface area (Å²) in [5.74, 6) is 0. The third kappa shape index (κ3) is 2.27. The van der Waals surface area contributed by atoms with Crippen LogP contribution in [0.25, 0.3) is 0 Å². The van der Waals surface area contributed by atoms with E-state index >= 15 is 0 Å². The molecule has 0 amide bonds. The second kappa shape index (κ2) is 4.48. The zero-order valence-corrected chi connectivity index (χ0v) is 8.13. The zero-order chi connectivity index (χ0) is 9.80. The summed E-state index contributed by atoms with van der Waals surface area (Å²) in [6, 6.07) is 0. The summed E-state index contributed by atoms with van der Waals surface area (Å²) in [5, 5.41) is 9.86. The first kappa shape index (κ1) is 9.55. The fraction of sp³-hybridized carbons (Fsp3) is 0.600. The molecule has 2 rings (SSSR count). The van der Waals surface area contributed by atoms with Crippen LogP contribution in [-0.4, -0.2) is 39.6 Å². The molecule has 1 aliphatic heterocycles. The first-order chi connectivity index (χ1) is 6.86. The molecule has 0 aliphatic carbocycles. The minimum Gasteiger partial charge on any atom is -0.387 e. The number of aromatic nitrogens is 2. The van der Waals surface area contributed by atoms with E-state index in [0.29, 0.717) is 6.54 Å². The average molecular weight is 193 g/mol. The van der Waals surface area contributed by atoms with Crippen LogP contribution in [0.4, 0.5) is 0 Å². The van der Waals surface area contributed by atoms with Gasteiger partial charge in [-0.05, 0) is 25.9 Å². The molecule has 1 aromatic rings. The number of likely N-dealkylation sites (tertiary alicyclic amines) is 1. The fourth-order valence-electron chi connectivity index (χ4n) is 1.80. The lowest BCUT2D eigenvalue weighted by Crippen LogP contribution is -2.25. The van der Waals surface area contributed by atoms with Gasteiger partial charge in [0.25, 0.3) is 0 Å². The third-order valence-corrected chi connectivity index (χ3v) is 2.60. The van der Waals surface area contributed by atoms with Gasteiger partial charge in [0, 0.05) is 24.5 Å². The van der Waals surface area contributed by atoms with Gasteiger partial charge >= 0.3 is 0 Å². The number of nitrogens with zero attached hydrogens (tertiary/aromatic N) is 3. The van der Waals surface area contributed by atoms with E-state index in [1.165, 1.54) is 19.2 Å². The van der Waals surface area contributed by atoms with Gasteiger partial charge in [-0.3, -0.25) is 0 Å². The van der Waals surface area contributed by atoms with E-state index in [1.807, 2.05) is 0 Å². The highest BCUT2D eigenvalue weighted by Gasteiger charge is 2.16. The molecule has 4 heteroatoms. The normalized spacial score (nSPS) is 19.8. The van der Waals surface area contributed by atoms with Crippen molar-refractivity contribution in [1.29, 1.82) is 0 Å². The monoisotopic (exact) mass is 193 g/mol. The van der Waals surface area contributed by atoms with Crippen molar-refractivity contribution in [3.8, 4) is 0 Å². The molecule has 1 atom stereocenters. The largest absolute Gasteiger partial charge is 0.387 e. The highest BCUT2D eigenvalue weighted by atomic mass is 16.3. The van der Waals surface area contributed by atoms with Crippen LogP contribution in [0.15, 0.2) is 18.7 Å². The van der Waals surface area contributed by atoms with Crippen LogP contribution in [-0.2, 0) is 0 Å². The van der Waals surface area contributed by atoms with Crippen molar-refractivity contribution in [2.24, 2.45) is 0 Å². The van der Waals surface area contributed by atoms with Gasteiger partial charge in [0.1, 0.15) is 6.33 Å². The van der Waals surface area contributed by atoms with Gasteiger partial charge in [0.05, 0.1) is 6.10 Å². The number of aliphatic hydroxyl groups is 1. The summed E-state index contributed by atoms with van der Waals surface area (Å²) in [5.41, 5.74) is 0.805. The molecule has 0 bridgehead atoms. The van der Waals surface area contributed by atoms with Gasteiger partial charge in [-0.15, -0.1) is 0 Å². The molecular weight excluding hydrogens is 178 g/mol. The summed E-state index contributed by atoms with van der Waals surface area (Å²) in [7, 11) is 0. The number of hydrogen-bond donors (Lipinski definition) is 1. The van der Waals surface area contributed by atoms with Gasteiger partial charge in [-0.2, -0.15) is 0 Å². The molecule has 0 radical (unpaired) electrons. The highest BCUT2D eigenvalue weighted by molar-refractivity contribution is 5.07. The fourth-order valence-corrected chi connectivity index (χ4v) is 1.80. The van der Waals surface area contributed by atoms with Gasteiger partial charge in [0.2, 0.25) is 0 Å². The topological polar surface area (TPSA) is 49.2 Å². The Bertz CT molecular complexity index is 272. The Morgan fingerprint density at radius 1 is 1.29 bits per heavy atom. The molecule has 1 unspecified atom stereocenters. The van der Waals surface area contributed by atoms with E-state index < -0.39 is 6.10 Å². The Morgan fingerprint density at radius 3 is 2.57 bits per heavy atom. The standard InChI is InChI=1S/C10H15N3O/c14-10(7-13-3-1-2-4-13)9-5-11-8-12-6-9/h5-6,8,10,14H,1-4,7H2. The van der Waals surface area contributed by atoms with Crippen molar-refractivity contribution in [3.05, 3.63) is 24.3 Å². The maximum absolute atomic E-state index is 9.86. The van der Waals surface area contributed by atoms with Crippen LogP contribution in [0.5, 0.6) is 0 Å². The third-order valence-electron chi connectivity index (χ3n) is 2.60. The molecule has 0 saturated carbocycles. The molecule has 1 fully saturated rings. The van der Waals surface area contributed by atoms with E-state index in [9.17, 15) is 5.11 Å². The second-order valence-corrected chi connectivity index (χ2v) is 3.70. The van der Waals surface area contributed by atoms with Crippen LogP contribution in [0.2, 0.25) is 0 Å². The van der Waals surface area contributed by atoms with E-state index in [0.717, 1.165) is 18.7 Å². The molecular formula is C10H15N3O. The van der Waals surface area contributed by atoms with Crippen molar-refractivity contribution in [2.45, 2.75) is 18.9 Å². The molecule has 1 saturated heterocycles. The minimum atomic E-state index is -0.450. The molecule has 0 aromatic carbocycles. The first-order valence-corrected chi connectivity index (χ1v) is 5.01. The molecule has 14 heavy (non-hydrogen) atoms. The maximum Gasteiger partial charge on any atom is 0.115 e. The lowest BCUT2D eigenvalue weighted by molar-refractivity contribution is 0.125. The van der Waals surface area contributed by atoms with Crippen LogP contribution in [0.1, 0.15) is 24.5 Å². The molecule has 1 N–H and O–H groups in total. The van der Waals surface area contributed by atoms with E-state index in [4.69, 9.17) is 0 Å². The van der Waals surface area contributed by atoms with Crippen LogP contribution in [0, 0.1) is 0 Å². The van der Waals surface area contributed by atoms with E-state index in [2.05, 4.69) is 14.9 Å². The summed E-state index contributed by atoms with van der Waals surface area (Å²) < 4.78 is 0. The van der Waals surface area contributed by atoms with Crippen molar-refractivity contribution in [1.82, 2.24) is 14.9 Å². The SMILES string of the molecule is OC(CN1CCCC1)c1cncnc1. The van der Waals surface area contributed by atoms with Gasteiger partial charge in [-0.1, -0.05) is 0 Å². The van der Waals surface area contributed by atoms with Crippen molar-refractivity contribution >= 4 is 0 Å². The highest BCUT2D eigenvalue weighted by Crippen LogP contribution is 2.15. The Hall–Kier alpha value is -1.00. The Balaban J connectivity index is 1.92. The van der Waals surface area contributed by atoms with Crippen molar-refractivity contribution in [2.75, 3.05) is 19.6 Å². The predicted molar refractivity (Wildman–Crippen MR) is 52.7 cm³/mol. The molecule has 2 heterocycles. The van der Waals surface area contributed by atoms with E-state index in [-0.39, 0.29) is 0 Å². The minimum absolute atomic E-state index is 0.450. The van der Waals surface area contributed by atoms with Crippen molar-refractivity contribution in [3.63, 3.8) is 0 Å². The number of β-amino-alcohol motifs (C(OH)–C–C–N with tert-alkyl or cyclic N) is 1. The lowest BCUT2D eigenvalue weighted by Gasteiger charge is -2.18. The number of aliphatic hydroxyl groups excluding tert-OH is 1. The predicted octanol–water partition coefficient (Wildman–Crippen LogP) is 0.606. The number of hydrogen-bond acceptors (Lipinski definition) is 4. The second-order valence-electron chi connectivity index (χ2n) is 3.70. The van der Waals surface area contributed by atoms with E-state index in [1.54, 1.807) is 12.4 Å². The summed E-state index contributed by atoms with van der Waals surface area (Å²) in [6.45, 7) is 2.91. The van der Waals surface area contributed by atoms with Gasteiger partial charge < -0.3 is 10.0 Å². The Kier molecular flexibility index (Phi) is 3.06. The molecule has 1 aromatic heterocycles. The van der Waals surface area contributed by atoms with Gasteiger partial charge in [-0.25, -0.2) is 9.97 Å². The molecule has 4 nitrogen and oxygen atoms in total. The summed E-state index contributed by atoms with van der Waals surface area (Å²) in [4.78, 5) is 10.1. The Labute approximate surface area is 83.6 Å². The van der Waals surface area contributed by atoms with Crippen LogP contribution < -0.4 is 0 Å². The first-order valence-electron chi connectivity index (χ1n) is 5.01. The smallest absolute Gasteiger partial charge is 0.115 e. The summed E-state index contributed by atoms with van der Waals surface area (Å²) in [6.07, 6.45) is 6.87. The van der Waals surface area contributed by atoms with Crippen LogP contribution in [0.3, 0.4) is 0 Å². The molecule has 0 spiro atoms. The number of rotatable bonds is 3. The van der Waals surface area contributed by atoms with Gasteiger partial charge in [0.15, 0.2) is 0 Å². The maximum atomic E-state index is 9.86. The van der Waals surface area contributed by atoms with Crippen molar-refractivity contribution < 1.29 is 5.11 Å². The molecule has 1 aliphatic rings. The average Bonchev–Trinajstić information content (AvgIpc) is 2.72. The molecule has 76 valence electrons. The Morgan fingerprint density at radius 2 is 1.93 bits per heavy atom. The summed E-state index contributed by atoms with van der Waals surface area (Å²) >= 11 is 0. The zero-order valence-electron chi connectivity index (χ0n) is 8.13.